The molecule has 0 saturated carbocycles. The Labute approximate surface area is 280 Å². The van der Waals surface area contributed by atoms with Crippen LogP contribution in [0.2, 0.25) is 0 Å². The quantitative estimate of drug-likeness (QED) is 0.0768. The molecule has 6 aromatic rings. The zero-order chi connectivity index (χ0) is 34.7. The third-order valence-electron chi connectivity index (χ3n) is 8.12. The number of carbonyl (C=O) groups is 1. The molecule has 6 rings (SSSR count). The molecule has 15 heteroatoms. The van der Waals surface area contributed by atoms with Gasteiger partial charge in [0.15, 0.2) is 5.69 Å². The van der Waals surface area contributed by atoms with Crippen LogP contribution in [-0.4, -0.2) is 70.2 Å². The molecule has 0 fully saturated rings. The van der Waals surface area contributed by atoms with Crippen molar-refractivity contribution in [3.63, 3.8) is 0 Å². The number of quaternary nitrogens is 1. The molecule has 0 atom stereocenters. The molecule has 1 amide bonds. The van der Waals surface area contributed by atoms with Gasteiger partial charge in [-0.05, 0) is 57.9 Å². The number of hydrogen-bond donors (Lipinski definition) is 2. The van der Waals surface area contributed by atoms with E-state index in [0.717, 1.165) is 22.2 Å². The number of aromatic nitrogens is 7. The first kappa shape index (κ1) is 32.8. The van der Waals surface area contributed by atoms with E-state index in [4.69, 9.17) is 0 Å². The van der Waals surface area contributed by atoms with Crippen molar-refractivity contribution in [2.45, 2.75) is 26.4 Å². The monoisotopic (exact) mass is 664 g/mol. The fraction of sp³-hybridized carbons (Fsp3) is 0.235. The number of aryl methyl sites for hydroxylation is 1. The summed E-state index contributed by atoms with van der Waals surface area (Å²) in [5.41, 5.74) is 3.60. The number of carbonyl (C=O) groups excluding carboxylic acids is 1. The van der Waals surface area contributed by atoms with Crippen LogP contribution in [0.4, 0.5) is 27.5 Å². The third-order valence-corrected chi connectivity index (χ3v) is 8.12. The van der Waals surface area contributed by atoms with Crippen molar-refractivity contribution >= 4 is 50.9 Å². The highest BCUT2D eigenvalue weighted by atomic mass is 19.1. The van der Waals surface area contributed by atoms with Gasteiger partial charge in [0.05, 0.1) is 50.6 Å². The Kier molecular flexibility index (Phi) is 9.09. The van der Waals surface area contributed by atoms with Gasteiger partial charge in [-0.2, -0.15) is 5.10 Å². The summed E-state index contributed by atoms with van der Waals surface area (Å²) in [6.45, 7) is 3.15. The number of rotatable bonds is 12. The van der Waals surface area contributed by atoms with Crippen LogP contribution in [0.5, 0.6) is 0 Å². The van der Waals surface area contributed by atoms with Crippen molar-refractivity contribution < 1.29 is 18.6 Å². The molecule has 49 heavy (non-hydrogen) atoms. The highest BCUT2D eigenvalue weighted by Gasteiger charge is 2.30. The number of likely N-dealkylation sites (N-methyl/N-ethyl adjacent to an activating group) is 1. The standard InChI is InChI=1S/C34H34FN11O3/c1-5-31-42-34(45(48)49)29(43(31)2)20-46(3,4)13-7-10-32(47)41-30-16-26-27(18-36-30)37-21-38-33(26)40-25-11-12-28-23(15-25)17-39-44(28)19-22-8-6-9-24(35)14-22/h6-12,14-18,21H,5,13,19-20H2,1-4H3,(H-,36,37,38,40,41,47)/p+1/b10-7+. The number of hydrogen-bond acceptors (Lipinski definition) is 9. The third kappa shape index (κ3) is 7.41. The molecule has 0 aliphatic heterocycles. The minimum Gasteiger partial charge on any atom is -0.358 e. The summed E-state index contributed by atoms with van der Waals surface area (Å²) in [4.78, 5) is 41.3. The SMILES string of the molecule is CCc1nc([N+](=O)[O-])c(C[N+](C)(C)C/C=C/C(=O)Nc2cc3c(Nc4ccc5c(cnn5Cc5cccc(F)c5)c4)ncnc3cn2)n1C. The second-order valence-electron chi connectivity index (χ2n) is 12.3. The number of nitrogens with zero attached hydrogens (tertiary/aromatic N) is 9. The molecule has 250 valence electrons. The molecule has 0 unspecified atom stereocenters. The zero-order valence-corrected chi connectivity index (χ0v) is 27.5. The molecule has 0 spiro atoms. The lowest BCUT2D eigenvalue weighted by atomic mass is 10.2. The maximum absolute atomic E-state index is 13.7. The average molecular weight is 665 g/mol. The maximum atomic E-state index is 13.7. The molecular formula is C34H35FN11O3+. The predicted molar refractivity (Wildman–Crippen MR) is 184 cm³/mol. The van der Waals surface area contributed by atoms with Gasteiger partial charge in [-0.3, -0.25) is 9.48 Å². The van der Waals surface area contributed by atoms with E-state index >= 15 is 0 Å². The van der Waals surface area contributed by atoms with Crippen molar-refractivity contribution in [2.24, 2.45) is 7.05 Å². The van der Waals surface area contributed by atoms with Crippen LogP contribution < -0.4 is 10.6 Å². The molecular weight excluding hydrogens is 629 g/mol. The van der Waals surface area contributed by atoms with Gasteiger partial charge in [-0.25, -0.2) is 19.3 Å². The lowest BCUT2D eigenvalue weighted by Gasteiger charge is -2.28. The number of benzene rings is 2. The maximum Gasteiger partial charge on any atom is 0.391 e. The molecule has 0 radical (unpaired) electrons. The second-order valence-corrected chi connectivity index (χ2v) is 12.3. The molecule has 14 nitrogen and oxygen atoms in total. The van der Waals surface area contributed by atoms with Crippen LogP contribution in [0.25, 0.3) is 21.8 Å². The van der Waals surface area contributed by atoms with Gasteiger partial charge in [-0.1, -0.05) is 19.1 Å². The lowest BCUT2D eigenvalue weighted by molar-refractivity contribution is -0.898. The summed E-state index contributed by atoms with van der Waals surface area (Å²) in [6.07, 6.45) is 8.49. The Morgan fingerprint density at radius 1 is 1.10 bits per heavy atom. The van der Waals surface area contributed by atoms with E-state index in [1.54, 1.807) is 42.2 Å². The van der Waals surface area contributed by atoms with Crippen LogP contribution in [-0.2, 0) is 31.4 Å². The second kappa shape index (κ2) is 13.6. The van der Waals surface area contributed by atoms with Gasteiger partial charge >= 0.3 is 5.82 Å². The van der Waals surface area contributed by atoms with E-state index < -0.39 is 4.92 Å². The largest absolute Gasteiger partial charge is 0.391 e. The number of imidazole rings is 1. The molecule has 2 N–H and O–H groups in total. The van der Waals surface area contributed by atoms with E-state index in [9.17, 15) is 19.3 Å². The molecule has 0 aliphatic carbocycles. The lowest BCUT2D eigenvalue weighted by Crippen LogP contribution is -2.39. The van der Waals surface area contributed by atoms with Gasteiger partial charge in [-0.15, -0.1) is 0 Å². The first-order valence-electron chi connectivity index (χ1n) is 15.6. The fourth-order valence-corrected chi connectivity index (χ4v) is 5.65. The first-order chi connectivity index (χ1) is 23.5. The normalized spacial score (nSPS) is 11.9. The van der Waals surface area contributed by atoms with Gasteiger partial charge < -0.3 is 29.8 Å². The highest BCUT2D eigenvalue weighted by Crippen LogP contribution is 2.27. The summed E-state index contributed by atoms with van der Waals surface area (Å²) >= 11 is 0. The van der Waals surface area contributed by atoms with Crippen LogP contribution >= 0.6 is 0 Å². The summed E-state index contributed by atoms with van der Waals surface area (Å²) in [6, 6.07) is 13.9. The Hall–Kier alpha value is -6.09. The van der Waals surface area contributed by atoms with Crippen LogP contribution in [0.15, 0.2) is 79.4 Å². The Morgan fingerprint density at radius 3 is 2.71 bits per heavy atom. The van der Waals surface area contributed by atoms with Crippen molar-refractivity contribution in [1.82, 2.24) is 34.3 Å². The number of anilines is 3. The van der Waals surface area contributed by atoms with Gasteiger partial charge in [0.25, 0.3) is 0 Å². The highest BCUT2D eigenvalue weighted by molar-refractivity contribution is 6.00. The van der Waals surface area contributed by atoms with Crippen LogP contribution in [0.1, 0.15) is 24.0 Å². The van der Waals surface area contributed by atoms with E-state index in [1.807, 2.05) is 50.0 Å². The number of amides is 1. The van der Waals surface area contributed by atoms with Crippen molar-refractivity contribution in [2.75, 3.05) is 31.3 Å². The van der Waals surface area contributed by atoms with Gasteiger partial charge in [0.2, 0.25) is 11.7 Å². The Bertz CT molecular complexity index is 2220. The number of pyridine rings is 1. The topological polar surface area (TPSA) is 159 Å². The molecule has 0 saturated heterocycles. The van der Waals surface area contributed by atoms with Crippen molar-refractivity contribution in [1.29, 1.82) is 0 Å². The molecule has 4 aromatic heterocycles. The summed E-state index contributed by atoms with van der Waals surface area (Å²) in [7, 11) is 5.65. The summed E-state index contributed by atoms with van der Waals surface area (Å²) < 4.78 is 17.6. The number of nitro groups is 1. The predicted octanol–water partition coefficient (Wildman–Crippen LogP) is 5.28. The fourth-order valence-electron chi connectivity index (χ4n) is 5.65. The molecule has 0 aliphatic rings. The number of fused-ring (bicyclic) bond motifs is 2. The minimum absolute atomic E-state index is 0.137. The summed E-state index contributed by atoms with van der Waals surface area (Å²) in [5, 5.41) is 23.8. The van der Waals surface area contributed by atoms with E-state index in [-0.39, 0.29) is 17.5 Å². The number of halogens is 1. The van der Waals surface area contributed by atoms with E-state index in [0.29, 0.717) is 64.6 Å². The first-order valence-corrected chi connectivity index (χ1v) is 15.6. The average Bonchev–Trinajstić information content (AvgIpc) is 3.60. The van der Waals surface area contributed by atoms with Crippen molar-refractivity contribution in [3.05, 3.63) is 112 Å². The van der Waals surface area contributed by atoms with Gasteiger partial charge in [0.1, 0.15) is 30.3 Å². The van der Waals surface area contributed by atoms with Gasteiger partial charge in [0, 0.05) is 36.0 Å². The van der Waals surface area contributed by atoms with Crippen LogP contribution in [0.3, 0.4) is 0 Å². The Morgan fingerprint density at radius 2 is 1.94 bits per heavy atom. The van der Waals surface area contributed by atoms with E-state index in [2.05, 4.69) is 35.7 Å². The Balaban J connectivity index is 1.13. The zero-order valence-electron chi connectivity index (χ0n) is 27.5. The van der Waals surface area contributed by atoms with E-state index in [1.165, 1.54) is 24.5 Å². The number of nitrogens with one attached hydrogen (secondary N) is 2. The molecule has 2 aromatic carbocycles. The molecule has 0 bridgehead atoms. The van der Waals surface area contributed by atoms with Crippen LogP contribution in [0, 0.1) is 15.9 Å². The molecule has 4 heterocycles. The minimum atomic E-state index is -0.452. The van der Waals surface area contributed by atoms with Crippen molar-refractivity contribution in [3.8, 4) is 0 Å². The summed E-state index contributed by atoms with van der Waals surface area (Å²) in [5.74, 6) is 0.695. The smallest absolute Gasteiger partial charge is 0.358 e.